The summed E-state index contributed by atoms with van der Waals surface area (Å²) in [4.78, 5) is 34.1. The van der Waals surface area contributed by atoms with Crippen LogP contribution in [0.3, 0.4) is 0 Å². The first-order chi connectivity index (χ1) is 17.2. The molecule has 1 aliphatic rings. The highest BCUT2D eigenvalue weighted by Crippen LogP contribution is 2.29. The summed E-state index contributed by atoms with van der Waals surface area (Å²) in [6.07, 6.45) is 1.61. The lowest BCUT2D eigenvalue weighted by Gasteiger charge is -2.35. The predicted octanol–water partition coefficient (Wildman–Crippen LogP) is 4.22. The first-order valence-electron chi connectivity index (χ1n) is 11.1. The number of nitriles is 1. The lowest BCUT2D eigenvalue weighted by molar-refractivity contribution is 0.0736. The van der Waals surface area contributed by atoms with E-state index >= 15 is 0 Å². The van der Waals surface area contributed by atoms with Gasteiger partial charge in [0.05, 0.1) is 16.1 Å². The Morgan fingerprint density at radius 1 is 1.03 bits per heavy atom. The molecule has 1 aliphatic heterocycles. The molecule has 4 rings (SSSR count). The van der Waals surface area contributed by atoms with Crippen molar-refractivity contribution in [2.24, 2.45) is 0 Å². The Morgan fingerprint density at radius 3 is 2.28 bits per heavy atom. The average molecular weight is 510 g/mol. The van der Waals surface area contributed by atoms with Crippen molar-refractivity contribution in [3.63, 3.8) is 0 Å². The molecule has 2 amide bonds. The van der Waals surface area contributed by atoms with Crippen molar-refractivity contribution >= 4 is 29.2 Å². The fraction of sp³-hybridized carbons (Fsp3) is 0.231. The topological polar surface area (TPSA) is 80.5 Å². The lowest BCUT2D eigenvalue weighted by Crippen LogP contribution is -2.49. The van der Waals surface area contributed by atoms with Gasteiger partial charge in [0.15, 0.2) is 0 Å². The molecule has 184 valence electrons. The summed E-state index contributed by atoms with van der Waals surface area (Å²) in [5.74, 6) is -2.26. The molecule has 0 unspecified atom stereocenters. The van der Waals surface area contributed by atoms with Gasteiger partial charge in [-0.15, -0.1) is 0 Å². The molecular weight excluding hydrogens is 488 g/mol. The van der Waals surface area contributed by atoms with Gasteiger partial charge in [-0.2, -0.15) is 5.26 Å². The molecule has 10 heteroatoms. The molecule has 3 aromatic rings. The van der Waals surface area contributed by atoms with Gasteiger partial charge >= 0.3 is 0 Å². The molecule has 0 bridgehead atoms. The molecule has 0 radical (unpaired) electrons. The molecule has 2 aromatic carbocycles. The van der Waals surface area contributed by atoms with Gasteiger partial charge < -0.3 is 14.7 Å². The highest BCUT2D eigenvalue weighted by molar-refractivity contribution is 6.34. The molecule has 7 nitrogen and oxygen atoms in total. The van der Waals surface area contributed by atoms with Crippen LogP contribution in [0.15, 0.2) is 48.7 Å². The van der Waals surface area contributed by atoms with E-state index < -0.39 is 23.1 Å². The number of carbonyl (C=O) groups excluding carboxylic acids is 2. The van der Waals surface area contributed by atoms with E-state index in [0.29, 0.717) is 46.2 Å². The second kappa shape index (κ2) is 10.3. The van der Waals surface area contributed by atoms with Crippen LogP contribution >= 0.6 is 11.6 Å². The number of carbonyl (C=O) groups is 2. The summed E-state index contributed by atoms with van der Waals surface area (Å²) in [6.45, 7) is 1.13. The number of aromatic nitrogens is 1. The van der Waals surface area contributed by atoms with E-state index in [4.69, 9.17) is 11.6 Å². The van der Waals surface area contributed by atoms with E-state index in [0.717, 1.165) is 12.1 Å². The molecule has 1 fully saturated rings. The largest absolute Gasteiger partial charge is 0.352 e. The van der Waals surface area contributed by atoms with Gasteiger partial charge in [-0.25, -0.2) is 13.8 Å². The zero-order valence-corrected chi connectivity index (χ0v) is 20.4. The van der Waals surface area contributed by atoms with Crippen LogP contribution in [-0.4, -0.2) is 66.9 Å². The van der Waals surface area contributed by atoms with Gasteiger partial charge in [0.1, 0.15) is 29.1 Å². The number of amides is 2. The summed E-state index contributed by atoms with van der Waals surface area (Å²) < 4.78 is 28.0. The predicted molar refractivity (Wildman–Crippen MR) is 132 cm³/mol. The molecular formula is C26H22ClF2N5O2. The number of hydrogen-bond donors (Lipinski definition) is 0. The van der Waals surface area contributed by atoms with E-state index in [2.05, 4.69) is 11.1 Å². The summed E-state index contributed by atoms with van der Waals surface area (Å²) in [6, 6.07) is 12.2. The third-order valence-electron chi connectivity index (χ3n) is 5.97. The van der Waals surface area contributed by atoms with Crippen molar-refractivity contribution in [3.8, 4) is 17.2 Å². The number of piperazine rings is 1. The Labute approximate surface area is 212 Å². The number of rotatable bonds is 4. The van der Waals surface area contributed by atoms with Crippen LogP contribution in [-0.2, 0) is 0 Å². The van der Waals surface area contributed by atoms with E-state index in [9.17, 15) is 23.6 Å². The quantitative estimate of drug-likeness (QED) is 0.526. The zero-order chi connectivity index (χ0) is 26.0. The van der Waals surface area contributed by atoms with E-state index in [1.54, 1.807) is 44.6 Å². The Bertz CT molecular complexity index is 1360. The van der Waals surface area contributed by atoms with Crippen LogP contribution in [0.2, 0.25) is 5.02 Å². The Kier molecular flexibility index (Phi) is 7.17. The van der Waals surface area contributed by atoms with E-state index in [-0.39, 0.29) is 19.0 Å². The number of anilines is 1. The van der Waals surface area contributed by atoms with Crippen LogP contribution < -0.4 is 4.90 Å². The SMILES string of the molecule is CN(C)C(=O)c1ccc(-c2cnc(N3CCN(C(=O)c4c(F)cccc4F)CC3)c(C#N)c2)cc1Cl. The fourth-order valence-corrected chi connectivity index (χ4v) is 4.30. The summed E-state index contributed by atoms with van der Waals surface area (Å²) in [5, 5.41) is 10.1. The standard InChI is InChI=1S/C26H22ClF2N5O2/c1-32(2)25(35)19-7-6-16(13-20(19)27)18-12-17(14-30)24(31-15-18)33-8-10-34(11-9-33)26(36)23-21(28)4-3-5-22(23)29/h3-7,12-13,15H,8-11H2,1-2H3. The fourth-order valence-electron chi connectivity index (χ4n) is 4.04. The molecule has 1 saturated heterocycles. The van der Waals surface area contributed by atoms with Crippen LogP contribution in [0.25, 0.3) is 11.1 Å². The molecule has 0 N–H and O–H groups in total. The number of benzene rings is 2. The molecule has 0 spiro atoms. The number of pyridine rings is 1. The second-order valence-corrected chi connectivity index (χ2v) is 8.88. The number of hydrogen-bond acceptors (Lipinski definition) is 5. The molecule has 0 atom stereocenters. The minimum absolute atomic E-state index is 0.215. The Balaban J connectivity index is 1.51. The van der Waals surface area contributed by atoms with Crippen LogP contribution in [0.1, 0.15) is 26.3 Å². The maximum atomic E-state index is 14.0. The molecule has 36 heavy (non-hydrogen) atoms. The highest BCUT2D eigenvalue weighted by Gasteiger charge is 2.28. The van der Waals surface area contributed by atoms with Gasteiger partial charge in [0.25, 0.3) is 11.8 Å². The third-order valence-corrected chi connectivity index (χ3v) is 6.28. The van der Waals surface area contributed by atoms with Gasteiger partial charge in [0, 0.05) is 52.0 Å². The minimum Gasteiger partial charge on any atom is -0.352 e. The van der Waals surface area contributed by atoms with E-state index in [1.165, 1.54) is 15.9 Å². The second-order valence-electron chi connectivity index (χ2n) is 8.48. The van der Waals surface area contributed by atoms with Gasteiger partial charge in [0.2, 0.25) is 0 Å². The molecule has 0 saturated carbocycles. The minimum atomic E-state index is -0.898. The first kappa shape index (κ1) is 25.1. The molecule has 0 aliphatic carbocycles. The third kappa shape index (κ3) is 4.86. The number of nitrogens with zero attached hydrogens (tertiary/aromatic N) is 5. The maximum Gasteiger partial charge on any atom is 0.259 e. The van der Waals surface area contributed by atoms with Gasteiger partial charge in [-0.3, -0.25) is 9.59 Å². The van der Waals surface area contributed by atoms with Crippen molar-refractivity contribution in [2.45, 2.75) is 0 Å². The van der Waals surface area contributed by atoms with E-state index in [1.807, 2.05) is 4.90 Å². The monoisotopic (exact) mass is 509 g/mol. The normalized spacial score (nSPS) is 13.3. The lowest BCUT2D eigenvalue weighted by atomic mass is 10.0. The zero-order valence-electron chi connectivity index (χ0n) is 19.6. The Hall–Kier alpha value is -4.03. The molecule has 1 aromatic heterocycles. The Morgan fingerprint density at radius 2 is 1.69 bits per heavy atom. The van der Waals surface area contributed by atoms with Crippen LogP contribution in [0, 0.1) is 23.0 Å². The smallest absolute Gasteiger partial charge is 0.259 e. The summed E-state index contributed by atoms with van der Waals surface area (Å²) in [5.41, 5.74) is 1.50. The summed E-state index contributed by atoms with van der Waals surface area (Å²) in [7, 11) is 3.28. The van der Waals surface area contributed by atoms with Crippen molar-refractivity contribution in [2.75, 3.05) is 45.2 Å². The van der Waals surface area contributed by atoms with Gasteiger partial charge in [-0.1, -0.05) is 23.7 Å². The number of halogens is 3. The van der Waals surface area contributed by atoms with Crippen LogP contribution in [0.4, 0.5) is 14.6 Å². The van der Waals surface area contributed by atoms with Crippen molar-refractivity contribution in [1.82, 2.24) is 14.8 Å². The highest BCUT2D eigenvalue weighted by atomic mass is 35.5. The van der Waals surface area contributed by atoms with Crippen LogP contribution in [0.5, 0.6) is 0 Å². The average Bonchev–Trinajstić information content (AvgIpc) is 2.87. The van der Waals surface area contributed by atoms with Crippen molar-refractivity contribution < 1.29 is 18.4 Å². The van der Waals surface area contributed by atoms with Crippen molar-refractivity contribution in [1.29, 1.82) is 5.26 Å². The van der Waals surface area contributed by atoms with Gasteiger partial charge in [-0.05, 0) is 35.9 Å². The molecule has 2 heterocycles. The maximum absolute atomic E-state index is 14.0. The first-order valence-corrected chi connectivity index (χ1v) is 11.5. The van der Waals surface area contributed by atoms with Crippen molar-refractivity contribution in [3.05, 3.63) is 82.0 Å². The summed E-state index contributed by atoms with van der Waals surface area (Å²) >= 11 is 6.33.